The van der Waals surface area contributed by atoms with Crippen molar-refractivity contribution >= 4 is 23.7 Å². The van der Waals surface area contributed by atoms with E-state index in [2.05, 4.69) is 0 Å². The number of nitrogens with zero attached hydrogens (tertiary/aromatic N) is 1. The maximum Gasteiger partial charge on any atom is 0.348 e. The minimum absolute atomic E-state index is 0.263. The minimum Gasteiger partial charge on any atom is -0.462 e. The van der Waals surface area contributed by atoms with Crippen molar-refractivity contribution in [3.05, 3.63) is 35.9 Å². The molecule has 1 fully saturated rings. The summed E-state index contributed by atoms with van der Waals surface area (Å²) in [4.78, 5) is 25.4. The summed E-state index contributed by atoms with van der Waals surface area (Å²) in [6.07, 6.45) is 2.14. The van der Waals surface area contributed by atoms with Gasteiger partial charge in [0.25, 0.3) is 0 Å². The molecule has 0 spiro atoms. The number of esters is 2. The van der Waals surface area contributed by atoms with E-state index in [0.29, 0.717) is 0 Å². The summed E-state index contributed by atoms with van der Waals surface area (Å²) in [6, 6.07) is 7.74. The van der Waals surface area contributed by atoms with Crippen LogP contribution in [0.2, 0.25) is 0 Å². The number of hydrogen-bond acceptors (Lipinski definition) is 5. The molecule has 0 amide bonds. The van der Waals surface area contributed by atoms with Crippen LogP contribution < -0.4 is 4.90 Å². The molecule has 0 N–H and O–H groups in total. The first-order valence-electron chi connectivity index (χ1n) is 7.12. The third kappa shape index (κ3) is 3.67. The van der Waals surface area contributed by atoms with Gasteiger partial charge >= 0.3 is 11.9 Å². The number of rotatable bonds is 4. The van der Waals surface area contributed by atoms with E-state index in [1.807, 2.05) is 57.1 Å². The lowest BCUT2D eigenvalue weighted by Gasteiger charge is -2.20. The average Bonchev–Trinajstić information content (AvgIpc) is 2.72. The zero-order valence-electron chi connectivity index (χ0n) is 13.3. The van der Waals surface area contributed by atoms with Gasteiger partial charge in [0, 0.05) is 31.3 Å². The predicted molar refractivity (Wildman–Crippen MR) is 84.4 cm³/mol. The fourth-order valence-corrected chi connectivity index (χ4v) is 2.14. The predicted octanol–water partition coefficient (Wildman–Crippen LogP) is 2.26. The standard InChI is InChI=1S/C17H21NO4/c1-17(2)11-21-16(20)15(17)22-14(19)10-7-12-5-8-13(9-6-12)18(3)4/h5-10,15H,11H2,1-4H3/b10-7-/t15-/m0/s1. The number of anilines is 1. The topological polar surface area (TPSA) is 55.8 Å². The SMILES string of the molecule is CN(C)c1ccc(/C=C\C(=O)O[C@H]2C(=O)OCC2(C)C)cc1. The number of hydrogen-bond donors (Lipinski definition) is 0. The highest BCUT2D eigenvalue weighted by molar-refractivity contribution is 5.90. The Morgan fingerprint density at radius 1 is 1.32 bits per heavy atom. The molecule has 0 aliphatic carbocycles. The van der Waals surface area contributed by atoms with Gasteiger partial charge in [-0.05, 0) is 23.8 Å². The van der Waals surface area contributed by atoms with Crippen molar-refractivity contribution in [1.29, 1.82) is 0 Å². The van der Waals surface area contributed by atoms with E-state index in [9.17, 15) is 9.59 Å². The van der Waals surface area contributed by atoms with Crippen molar-refractivity contribution in [1.82, 2.24) is 0 Å². The maximum atomic E-state index is 11.9. The molecule has 1 heterocycles. The van der Waals surface area contributed by atoms with Crippen LogP contribution in [0, 0.1) is 5.41 Å². The first-order chi connectivity index (χ1) is 10.3. The second kappa shape index (κ2) is 6.22. The maximum absolute atomic E-state index is 11.9. The molecule has 22 heavy (non-hydrogen) atoms. The molecule has 0 bridgehead atoms. The van der Waals surface area contributed by atoms with Gasteiger partial charge in [-0.25, -0.2) is 9.59 Å². The van der Waals surface area contributed by atoms with Crippen LogP contribution in [0.3, 0.4) is 0 Å². The Kier molecular flexibility index (Phi) is 4.54. The van der Waals surface area contributed by atoms with Gasteiger partial charge in [-0.3, -0.25) is 0 Å². The van der Waals surface area contributed by atoms with Crippen LogP contribution in [-0.2, 0) is 19.1 Å². The molecule has 1 aromatic carbocycles. The van der Waals surface area contributed by atoms with E-state index in [1.165, 1.54) is 6.08 Å². The van der Waals surface area contributed by atoms with Crippen molar-refractivity contribution in [2.45, 2.75) is 20.0 Å². The molecule has 0 saturated carbocycles. The summed E-state index contributed by atoms with van der Waals surface area (Å²) in [6.45, 7) is 3.93. The molecule has 0 unspecified atom stereocenters. The van der Waals surface area contributed by atoms with Gasteiger partial charge in [0.15, 0.2) is 0 Å². The average molecular weight is 303 g/mol. The molecular formula is C17H21NO4. The lowest BCUT2D eigenvalue weighted by Crippen LogP contribution is -2.34. The zero-order chi connectivity index (χ0) is 16.3. The second-order valence-corrected chi connectivity index (χ2v) is 6.23. The number of carbonyl (C=O) groups excluding carboxylic acids is 2. The first-order valence-corrected chi connectivity index (χ1v) is 7.12. The summed E-state index contributed by atoms with van der Waals surface area (Å²) < 4.78 is 10.1. The van der Waals surface area contributed by atoms with Gasteiger partial charge in [-0.2, -0.15) is 0 Å². The molecule has 1 atom stereocenters. The Balaban J connectivity index is 1.98. The Labute approximate surface area is 130 Å². The van der Waals surface area contributed by atoms with E-state index in [1.54, 1.807) is 6.08 Å². The van der Waals surface area contributed by atoms with Crippen LogP contribution in [-0.4, -0.2) is 38.7 Å². The Morgan fingerprint density at radius 2 is 1.95 bits per heavy atom. The molecule has 118 valence electrons. The summed E-state index contributed by atoms with van der Waals surface area (Å²) >= 11 is 0. The molecule has 0 aromatic heterocycles. The third-order valence-corrected chi connectivity index (χ3v) is 3.57. The molecule has 5 nitrogen and oxygen atoms in total. The fourth-order valence-electron chi connectivity index (χ4n) is 2.14. The van der Waals surface area contributed by atoms with Crippen LogP contribution in [0.1, 0.15) is 19.4 Å². The summed E-state index contributed by atoms with van der Waals surface area (Å²) in [5.74, 6) is -1.03. The van der Waals surface area contributed by atoms with Crippen LogP contribution in [0.15, 0.2) is 30.3 Å². The molecular weight excluding hydrogens is 282 g/mol. The number of ether oxygens (including phenoxy) is 2. The molecule has 0 radical (unpaired) electrons. The molecule has 1 aromatic rings. The molecule has 1 saturated heterocycles. The molecule has 1 aliphatic rings. The van der Waals surface area contributed by atoms with Gasteiger partial charge in [0.05, 0.1) is 0 Å². The quantitative estimate of drug-likeness (QED) is 0.631. The van der Waals surface area contributed by atoms with Crippen molar-refractivity contribution in [3.8, 4) is 0 Å². The Bertz CT molecular complexity index is 587. The van der Waals surface area contributed by atoms with Gasteiger partial charge < -0.3 is 14.4 Å². The Morgan fingerprint density at radius 3 is 2.45 bits per heavy atom. The van der Waals surface area contributed by atoms with E-state index in [4.69, 9.17) is 9.47 Å². The lowest BCUT2D eigenvalue weighted by molar-refractivity contribution is -0.159. The smallest absolute Gasteiger partial charge is 0.348 e. The van der Waals surface area contributed by atoms with Gasteiger partial charge in [-0.1, -0.05) is 26.0 Å². The van der Waals surface area contributed by atoms with Gasteiger partial charge in [0.1, 0.15) is 6.61 Å². The van der Waals surface area contributed by atoms with Crippen LogP contribution >= 0.6 is 0 Å². The van der Waals surface area contributed by atoms with E-state index < -0.39 is 23.5 Å². The normalized spacial score (nSPS) is 20.0. The second-order valence-electron chi connectivity index (χ2n) is 6.23. The van der Waals surface area contributed by atoms with Crippen LogP contribution in [0.4, 0.5) is 5.69 Å². The minimum atomic E-state index is -0.847. The monoisotopic (exact) mass is 303 g/mol. The van der Waals surface area contributed by atoms with Gasteiger partial charge in [-0.15, -0.1) is 0 Å². The molecule has 2 rings (SSSR count). The van der Waals surface area contributed by atoms with Crippen molar-refractivity contribution in [2.24, 2.45) is 5.41 Å². The highest BCUT2D eigenvalue weighted by Gasteiger charge is 2.46. The summed E-state index contributed by atoms with van der Waals surface area (Å²) in [5, 5.41) is 0. The van der Waals surface area contributed by atoms with E-state index in [-0.39, 0.29) is 6.61 Å². The van der Waals surface area contributed by atoms with E-state index in [0.717, 1.165) is 11.3 Å². The summed E-state index contributed by atoms with van der Waals surface area (Å²) in [7, 11) is 3.93. The van der Waals surface area contributed by atoms with Crippen molar-refractivity contribution < 1.29 is 19.1 Å². The largest absolute Gasteiger partial charge is 0.462 e. The first kappa shape index (κ1) is 16.1. The summed E-state index contributed by atoms with van der Waals surface area (Å²) in [5.41, 5.74) is 1.47. The van der Waals surface area contributed by atoms with E-state index >= 15 is 0 Å². The van der Waals surface area contributed by atoms with Crippen molar-refractivity contribution in [2.75, 3.05) is 25.6 Å². The molecule has 5 heteroatoms. The third-order valence-electron chi connectivity index (χ3n) is 3.57. The number of cyclic esters (lactones) is 1. The highest BCUT2D eigenvalue weighted by atomic mass is 16.6. The highest BCUT2D eigenvalue weighted by Crippen LogP contribution is 2.31. The number of benzene rings is 1. The van der Waals surface area contributed by atoms with Crippen LogP contribution in [0.25, 0.3) is 6.08 Å². The lowest BCUT2D eigenvalue weighted by atomic mass is 9.90. The zero-order valence-corrected chi connectivity index (χ0v) is 13.3. The molecule has 1 aliphatic heterocycles. The fraction of sp³-hybridized carbons (Fsp3) is 0.412. The van der Waals surface area contributed by atoms with Crippen LogP contribution in [0.5, 0.6) is 0 Å². The number of carbonyl (C=O) groups is 2. The van der Waals surface area contributed by atoms with Crippen molar-refractivity contribution in [3.63, 3.8) is 0 Å². The Hall–Kier alpha value is -2.30. The van der Waals surface area contributed by atoms with Gasteiger partial charge in [0.2, 0.25) is 6.10 Å².